The maximum absolute atomic E-state index is 11.5. The number of anilines is 1. The fourth-order valence-electron chi connectivity index (χ4n) is 1.24. The lowest BCUT2D eigenvalue weighted by Crippen LogP contribution is -2.17. The first-order chi connectivity index (χ1) is 6.98. The first-order valence-electron chi connectivity index (χ1n) is 4.71. The van der Waals surface area contributed by atoms with Gasteiger partial charge in [-0.3, -0.25) is 9.40 Å². The average molecular weight is 232 g/mol. The molecule has 0 saturated carbocycles. The quantitative estimate of drug-likeness (QED) is 0.749. The van der Waals surface area contributed by atoms with E-state index >= 15 is 0 Å². The summed E-state index contributed by atoms with van der Waals surface area (Å²) in [6, 6.07) is 0. The molecule has 1 aromatic rings. The van der Waals surface area contributed by atoms with Crippen LogP contribution in [0.25, 0.3) is 0 Å². The fourth-order valence-corrected chi connectivity index (χ4v) is 2.35. The molecular formula is C8H16N4O2S. The second kappa shape index (κ2) is 4.63. The van der Waals surface area contributed by atoms with E-state index in [1.54, 1.807) is 13.2 Å². The van der Waals surface area contributed by atoms with Crippen LogP contribution in [-0.2, 0) is 23.6 Å². The molecule has 0 saturated heterocycles. The third kappa shape index (κ3) is 3.21. The summed E-state index contributed by atoms with van der Waals surface area (Å²) in [6.07, 6.45) is 2.27. The number of aromatic nitrogens is 2. The molecule has 1 aromatic heterocycles. The largest absolute Gasteiger partial charge is 0.326 e. The van der Waals surface area contributed by atoms with E-state index in [0.29, 0.717) is 17.8 Å². The normalized spacial score (nSPS) is 11.7. The van der Waals surface area contributed by atoms with Gasteiger partial charge in [0.1, 0.15) is 0 Å². The van der Waals surface area contributed by atoms with Crippen molar-refractivity contribution in [3.63, 3.8) is 0 Å². The van der Waals surface area contributed by atoms with Crippen LogP contribution in [0.1, 0.15) is 18.9 Å². The topological polar surface area (TPSA) is 90.0 Å². The van der Waals surface area contributed by atoms with Crippen LogP contribution < -0.4 is 10.5 Å². The molecule has 0 radical (unpaired) electrons. The second-order valence-corrected chi connectivity index (χ2v) is 5.14. The summed E-state index contributed by atoms with van der Waals surface area (Å²) in [5.74, 6) is 0.418. The zero-order valence-electron chi connectivity index (χ0n) is 8.90. The summed E-state index contributed by atoms with van der Waals surface area (Å²) in [5.41, 5.74) is 6.16. The van der Waals surface area contributed by atoms with E-state index in [0.717, 1.165) is 0 Å². The van der Waals surface area contributed by atoms with Crippen molar-refractivity contribution in [3.8, 4) is 0 Å². The Morgan fingerprint density at radius 3 is 2.80 bits per heavy atom. The first-order valence-corrected chi connectivity index (χ1v) is 6.37. The first kappa shape index (κ1) is 12.0. The van der Waals surface area contributed by atoms with Gasteiger partial charge in [0.25, 0.3) is 0 Å². The van der Waals surface area contributed by atoms with Crippen molar-refractivity contribution in [1.29, 1.82) is 0 Å². The van der Waals surface area contributed by atoms with Gasteiger partial charge in [-0.05, 0) is 6.42 Å². The number of hydrogen-bond donors (Lipinski definition) is 2. The van der Waals surface area contributed by atoms with Gasteiger partial charge in [0.05, 0.1) is 5.75 Å². The zero-order valence-corrected chi connectivity index (χ0v) is 9.71. The molecule has 0 spiro atoms. The lowest BCUT2D eigenvalue weighted by molar-refractivity contribution is 0.599. The molecular weight excluding hydrogens is 216 g/mol. The minimum absolute atomic E-state index is 0.0909. The molecule has 1 heterocycles. The Bertz CT molecular complexity index is 424. The van der Waals surface area contributed by atoms with Crippen LogP contribution in [0.4, 0.5) is 5.82 Å². The molecule has 0 aliphatic heterocycles. The smallest absolute Gasteiger partial charge is 0.233 e. The van der Waals surface area contributed by atoms with Crippen LogP contribution in [0.3, 0.4) is 0 Å². The van der Waals surface area contributed by atoms with Crippen LogP contribution in [0, 0.1) is 0 Å². The Morgan fingerprint density at radius 2 is 2.27 bits per heavy atom. The summed E-state index contributed by atoms with van der Waals surface area (Å²) in [4.78, 5) is 0. The standard InChI is InChI=1S/C8H16N4O2S/c1-3-4-15(13,14)11-8-7(5-9)6-12(2)10-8/h6H,3-5,9H2,1-2H3,(H,10,11). The van der Waals surface area contributed by atoms with Gasteiger partial charge in [-0.25, -0.2) is 8.42 Å². The number of nitrogens with two attached hydrogens (primary N) is 1. The molecule has 0 unspecified atom stereocenters. The van der Waals surface area contributed by atoms with Crippen LogP contribution in [0.2, 0.25) is 0 Å². The summed E-state index contributed by atoms with van der Waals surface area (Å²) in [5, 5.41) is 4.00. The van der Waals surface area contributed by atoms with Crippen molar-refractivity contribution in [2.75, 3.05) is 10.5 Å². The minimum atomic E-state index is -3.29. The van der Waals surface area contributed by atoms with E-state index in [9.17, 15) is 8.42 Å². The number of rotatable bonds is 5. The van der Waals surface area contributed by atoms with E-state index in [4.69, 9.17) is 5.73 Å². The van der Waals surface area contributed by atoms with Crippen LogP contribution in [-0.4, -0.2) is 24.0 Å². The highest BCUT2D eigenvalue weighted by atomic mass is 32.2. The highest BCUT2D eigenvalue weighted by Gasteiger charge is 2.13. The predicted molar refractivity (Wildman–Crippen MR) is 58.8 cm³/mol. The van der Waals surface area contributed by atoms with Crippen LogP contribution in [0.5, 0.6) is 0 Å². The van der Waals surface area contributed by atoms with Gasteiger partial charge >= 0.3 is 0 Å². The van der Waals surface area contributed by atoms with E-state index in [2.05, 4.69) is 9.82 Å². The van der Waals surface area contributed by atoms with E-state index < -0.39 is 10.0 Å². The van der Waals surface area contributed by atoms with Gasteiger partial charge in [0.15, 0.2) is 5.82 Å². The van der Waals surface area contributed by atoms with Crippen molar-refractivity contribution in [2.45, 2.75) is 19.9 Å². The molecule has 0 aliphatic rings. The van der Waals surface area contributed by atoms with E-state index in [1.807, 2.05) is 6.92 Å². The van der Waals surface area contributed by atoms with Crippen molar-refractivity contribution in [2.24, 2.45) is 12.8 Å². The monoisotopic (exact) mass is 232 g/mol. The van der Waals surface area contributed by atoms with Gasteiger partial charge in [-0.2, -0.15) is 5.10 Å². The number of hydrogen-bond acceptors (Lipinski definition) is 4. The molecule has 0 bridgehead atoms. The highest BCUT2D eigenvalue weighted by molar-refractivity contribution is 7.92. The molecule has 0 aromatic carbocycles. The van der Waals surface area contributed by atoms with Gasteiger partial charge in [-0.15, -0.1) is 0 Å². The third-order valence-electron chi connectivity index (χ3n) is 1.85. The molecule has 1 rings (SSSR count). The molecule has 0 aliphatic carbocycles. The van der Waals surface area contributed by atoms with Crippen molar-refractivity contribution in [3.05, 3.63) is 11.8 Å². The Balaban J connectivity index is 2.88. The number of nitrogens with zero attached hydrogens (tertiary/aromatic N) is 2. The maximum atomic E-state index is 11.5. The summed E-state index contributed by atoms with van der Waals surface area (Å²) in [6.45, 7) is 2.07. The summed E-state index contributed by atoms with van der Waals surface area (Å²) in [7, 11) is -1.57. The van der Waals surface area contributed by atoms with Gasteiger partial charge in [0.2, 0.25) is 10.0 Å². The second-order valence-electron chi connectivity index (χ2n) is 3.30. The molecule has 3 N–H and O–H groups in total. The lowest BCUT2D eigenvalue weighted by atomic mass is 10.3. The average Bonchev–Trinajstić information content (AvgIpc) is 2.44. The van der Waals surface area contributed by atoms with E-state index in [1.165, 1.54) is 4.68 Å². The highest BCUT2D eigenvalue weighted by Crippen LogP contribution is 2.13. The zero-order chi connectivity index (χ0) is 11.5. The Labute approximate surface area is 89.5 Å². The van der Waals surface area contributed by atoms with Gasteiger partial charge in [-0.1, -0.05) is 6.92 Å². The molecule has 0 atom stereocenters. The van der Waals surface area contributed by atoms with Crippen LogP contribution in [0.15, 0.2) is 6.20 Å². The van der Waals surface area contributed by atoms with Crippen LogP contribution >= 0.6 is 0 Å². The van der Waals surface area contributed by atoms with E-state index in [-0.39, 0.29) is 12.3 Å². The molecule has 15 heavy (non-hydrogen) atoms. The van der Waals surface area contributed by atoms with Crippen molar-refractivity contribution >= 4 is 15.8 Å². The molecule has 6 nitrogen and oxygen atoms in total. The lowest BCUT2D eigenvalue weighted by Gasteiger charge is -2.04. The van der Waals surface area contributed by atoms with Crippen molar-refractivity contribution in [1.82, 2.24) is 9.78 Å². The van der Waals surface area contributed by atoms with Gasteiger partial charge in [0, 0.05) is 25.4 Å². The van der Waals surface area contributed by atoms with Gasteiger partial charge < -0.3 is 5.73 Å². The molecule has 86 valence electrons. The Morgan fingerprint density at radius 1 is 1.60 bits per heavy atom. The molecule has 7 heteroatoms. The number of aryl methyl sites for hydroxylation is 1. The predicted octanol–water partition coefficient (Wildman–Crippen LogP) is 0.0305. The maximum Gasteiger partial charge on any atom is 0.233 e. The Hall–Kier alpha value is -1.08. The SMILES string of the molecule is CCCS(=O)(=O)Nc1nn(C)cc1CN. The number of nitrogens with one attached hydrogen (secondary N) is 1. The molecule has 0 amide bonds. The fraction of sp³-hybridized carbons (Fsp3) is 0.625. The van der Waals surface area contributed by atoms with Crippen molar-refractivity contribution < 1.29 is 8.42 Å². The summed E-state index contributed by atoms with van der Waals surface area (Å²) < 4.78 is 26.9. The Kier molecular flexibility index (Phi) is 3.70. The minimum Gasteiger partial charge on any atom is -0.326 e. The summed E-state index contributed by atoms with van der Waals surface area (Å²) >= 11 is 0. The third-order valence-corrected chi connectivity index (χ3v) is 3.30. The molecule has 0 fully saturated rings. The number of sulfonamides is 1.